The SMILES string of the molecule is CC(C)NC(=O)C(CN)Cc1ccc2c(c1)CCO2. The number of hydrogen-bond acceptors (Lipinski definition) is 3. The van der Waals surface area contributed by atoms with Gasteiger partial charge in [-0.05, 0) is 37.5 Å². The van der Waals surface area contributed by atoms with Gasteiger partial charge in [0.2, 0.25) is 5.91 Å². The lowest BCUT2D eigenvalue weighted by Gasteiger charge is -2.17. The Balaban J connectivity index is 2.04. The first-order valence-electron chi connectivity index (χ1n) is 6.85. The minimum absolute atomic E-state index is 0.0363. The van der Waals surface area contributed by atoms with Crippen molar-refractivity contribution in [1.82, 2.24) is 5.32 Å². The molecule has 4 nitrogen and oxygen atoms in total. The van der Waals surface area contributed by atoms with Crippen molar-refractivity contribution in [2.45, 2.75) is 32.7 Å². The van der Waals surface area contributed by atoms with Gasteiger partial charge in [-0.1, -0.05) is 12.1 Å². The van der Waals surface area contributed by atoms with Crippen molar-refractivity contribution in [3.8, 4) is 5.75 Å². The maximum atomic E-state index is 12.0. The molecule has 0 spiro atoms. The first-order valence-corrected chi connectivity index (χ1v) is 6.85. The first-order chi connectivity index (χ1) is 9.10. The van der Waals surface area contributed by atoms with E-state index in [1.54, 1.807) is 0 Å². The first kappa shape index (κ1) is 13.9. The lowest BCUT2D eigenvalue weighted by molar-refractivity contribution is -0.125. The molecule has 1 atom stereocenters. The van der Waals surface area contributed by atoms with Gasteiger partial charge in [0.1, 0.15) is 5.75 Å². The number of rotatable bonds is 5. The second-order valence-corrected chi connectivity index (χ2v) is 5.34. The number of ether oxygens (including phenoxy) is 1. The van der Waals surface area contributed by atoms with Crippen molar-refractivity contribution in [2.75, 3.05) is 13.2 Å². The predicted octanol–water partition coefficient (Wildman–Crippen LogP) is 1.26. The molecule has 1 aliphatic rings. The lowest BCUT2D eigenvalue weighted by atomic mass is 9.96. The van der Waals surface area contributed by atoms with Gasteiger partial charge in [0, 0.05) is 19.0 Å². The Labute approximate surface area is 114 Å². The molecule has 1 aromatic rings. The number of amides is 1. The monoisotopic (exact) mass is 262 g/mol. The molecule has 0 aliphatic carbocycles. The van der Waals surface area contributed by atoms with Crippen LogP contribution >= 0.6 is 0 Å². The Hall–Kier alpha value is -1.55. The topological polar surface area (TPSA) is 64.4 Å². The number of nitrogens with two attached hydrogens (primary N) is 1. The van der Waals surface area contributed by atoms with E-state index in [-0.39, 0.29) is 17.9 Å². The molecule has 0 fully saturated rings. The quantitative estimate of drug-likeness (QED) is 0.839. The molecule has 104 valence electrons. The number of nitrogens with one attached hydrogen (secondary N) is 1. The average molecular weight is 262 g/mol. The maximum Gasteiger partial charge on any atom is 0.224 e. The van der Waals surface area contributed by atoms with Crippen molar-refractivity contribution in [3.63, 3.8) is 0 Å². The van der Waals surface area contributed by atoms with E-state index in [1.165, 1.54) is 5.56 Å². The highest BCUT2D eigenvalue weighted by molar-refractivity contribution is 5.79. The number of benzene rings is 1. The van der Waals surface area contributed by atoms with Crippen LogP contribution in [-0.4, -0.2) is 25.1 Å². The van der Waals surface area contributed by atoms with Crippen LogP contribution in [-0.2, 0) is 17.6 Å². The van der Waals surface area contributed by atoms with E-state index in [2.05, 4.69) is 11.4 Å². The predicted molar refractivity (Wildman–Crippen MR) is 75.2 cm³/mol. The maximum absolute atomic E-state index is 12.0. The minimum Gasteiger partial charge on any atom is -0.493 e. The third-order valence-electron chi connectivity index (χ3n) is 3.32. The van der Waals surface area contributed by atoms with Gasteiger partial charge in [0.15, 0.2) is 0 Å². The highest BCUT2D eigenvalue weighted by Crippen LogP contribution is 2.26. The van der Waals surface area contributed by atoms with E-state index in [1.807, 2.05) is 26.0 Å². The summed E-state index contributed by atoms with van der Waals surface area (Å²) in [5, 5.41) is 2.92. The van der Waals surface area contributed by atoms with Crippen molar-refractivity contribution >= 4 is 5.91 Å². The van der Waals surface area contributed by atoms with Gasteiger partial charge in [0.05, 0.1) is 12.5 Å². The van der Waals surface area contributed by atoms with Crippen molar-refractivity contribution in [3.05, 3.63) is 29.3 Å². The molecule has 1 aromatic carbocycles. The third-order valence-corrected chi connectivity index (χ3v) is 3.32. The Morgan fingerprint density at radius 3 is 2.95 bits per heavy atom. The van der Waals surface area contributed by atoms with Gasteiger partial charge in [0.25, 0.3) is 0 Å². The number of carbonyl (C=O) groups excluding carboxylic acids is 1. The molecule has 1 heterocycles. The van der Waals surface area contributed by atoms with E-state index < -0.39 is 0 Å². The van der Waals surface area contributed by atoms with Crippen molar-refractivity contribution in [1.29, 1.82) is 0 Å². The van der Waals surface area contributed by atoms with Crippen molar-refractivity contribution < 1.29 is 9.53 Å². The largest absolute Gasteiger partial charge is 0.493 e. The van der Waals surface area contributed by atoms with Crippen LogP contribution in [0.15, 0.2) is 18.2 Å². The summed E-state index contributed by atoms with van der Waals surface area (Å²) in [7, 11) is 0. The van der Waals surface area contributed by atoms with Crippen LogP contribution in [0.5, 0.6) is 5.75 Å². The molecule has 1 amide bonds. The molecule has 0 saturated heterocycles. The summed E-state index contributed by atoms with van der Waals surface area (Å²) in [5.41, 5.74) is 8.11. The molecule has 0 aromatic heterocycles. The van der Waals surface area contributed by atoms with Crippen LogP contribution < -0.4 is 15.8 Å². The molecule has 19 heavy (non-hydrogen) atoms. The highest BCUT2D eigenvalue weighted by Gasteiger charge is 2.19. The van der Waals surface area contributed by atoms with E-state index in [0.717, 1.165) is 24.3 Å². The Morgan fingerprint density at radius 2 is 2.26 bits per heavy atom. The molecule has 1 unspecified atom stereocenters. The summed E-state index contributed by atoms with van der Waals surface area (Å²) < 4.78 is 5.48. The summed E-state index contributed by atoms with van der Waals surface area (Å²) in [6, 6.07) is 6.30. The van der Waals surface area contributed by atoms with E-state index in [9.17, 15) is 4.79 Å². The van der Waals surface area contributed by atoms with Gasteiger partial charge < -0.3 is 15.8 Å². The van der Waals surface area contributed by atoms with Gasteiger partial charge in [-0.2, -0.15) is 0 Å². The van der Waals surface area contributed by atoms with Crippen molar-refractivity contribution in [2.24, 2.45) is 11.7 Å². The van der Waals surface area contributed by atoms with Crippen LogP contribution in [0.3, 0.4) is 0 Å². The fraction of sp³-hybridized carbons (Fsp3) is 0.533. The summed E-state index contributed by atoms with van der Waals surface area (Å²) in [5.74, 6) is 0.844. The average Bonchev–Trinajstić information content (AvgIpc) is 2.82. The third kappa shape index (κ3) is 3.47. The zero-order chi connectivity index (χ0) is 13.8. The molecule has 0 bridgehead atoms. The second-order valence-electron chi connectivity index (χ2n) is 5.34. The van der Waals surface area contributed by atoms with Gasteiger partial charge in [-0.3, -0.25) is 4.79 Å². The van der Waals surface area contributed by atoms with E-state index in [4.69, 9.17) is 10.5 Å². The van der Waals surface area contributed by atoms with E-state index in [0.29, 0.717) is 13.0 Å². The number of fused-ring (bicyclic) bond motifs is 1. The molecule has 4 heteroatoms. The molecule has 0 radical (unpaired) electrons. The number of carbonyl (C=O) groups is 1. The van der Waals surface area contributed by atoms with Crippen LogP contribution in [0.1, 0.15) is 25.0 Å². The van der Waals surface area contributed by atoms with Crippen LogP contribution in [0.25, 0.3) is 0 Å². The molecule has 0 saturated carbocycles. The smallest absolute Gasteiger partial charge is 0.224 e. The van der Waals surface area contributed by atoms with Gasteiger partial charge in [-0.25, -0.2) is 0 Å². The molecular weight excluding hydrogens is 240 g/mol. The van der Waals surface area contributed by atoms with E-state index >= 15 is 0 Å². The standard InChI is InChI=1S/C15H22N2O2/c1-10(2)17-15(18)13(9-16)8-11-3-4-14-12(7-11)5-6-19-14/h3-4,7,10,13H,5-6,8-9,16H2,1-2H3,(H,17,18). The lowest BCUT2D eigenvalue weighted by Crippen LogP contribution is -2.39. The minimum atomic E-state index is -0.164. The zero-order valence-electron chi connectivity index (χ0n) is 11.6. The van der Waals surface area contributed by atoms with Gasteiger partial charge >= 0.3 is 0 Å². The van der Waals surface area contributed by atoms with Crippen LogP contribution in [0.2, 0.25) is 0 Å². The molecule has 1 aliphatic heterocycles. The summed E-state index contributed by atoms with van der Waals surface area (Å²) in [4.78, 5) is 12.0. The highest BCUT2D eigenvalue weighted by atomic mass is 16.5. The second kappa shape index (κ2) is 6.06. The Morgan fingerprint density at radius 1 is 1.47 bits per heavy atom. The summed E-state index contributed by atoms with van der Waals surface area (Å²) in [6.07, 6.45) is 1.64. The molecule has 3 N–H and O–H groups in total. The summed E-state index contributed by atoms with van der Waals surface area (Å²) >= 11 is 0. The zero-order valence-corrected chi connectivity index (χ0v) is 11.6. The van der Waals surface area contributed by atoms with Gasteiger partial charge in [-0.15, -0.1) is 0 Å². The molecular formula is C15H22N2O2. The molecule has 2 rings (SSSR count). The number of hydrogen-bond donors (Lipinski definition) is 2. The Kier molecular flexibility index (Phi) is 4.43. The fourth-order valence-corrected chi connectivity index (χ4v) is 2.34. The normalized spacial score (nSPS) is 14.9. The fourth-order valence-electron chi connectivity index (χ4n) is 2.34. The van der Waals surface area contributed by atoms with Crippen LogP contribution in [0, 0.1) is 5.92 Å². The van der Waals surface area contributed by atoms with Crippen LogP contribution in [0.4, 0.5) is 0 Å². The summed E-state index contributed by atoms with van der Waals surface area (Å²) in [6.45, 7) is 5.04. The Bertz CT molecular complexity index is 457.